The van der Waals surface area contributed by atoms with Gasteiger partial charge in [-0.1, -0.05) is 26.7 Å². The number of hydrogen-bond acceptors (Lipinski definition) is 0. The number of allylic oxidation sites excluding steroid dienone is 8. The van der Waals surface area contributed by atoms with Crippen LogP contribution in [0.2, 0.25) is 0 Å². The molecule has 2 aliphatic carbocycles. The molecule has 0 aromatic heterocycles. The Balaban J connectivity index is 0.000000593. The van der Waals surface area contributed by atoms with E-state index in [-0.39, 0.29) is 0 Å². The third kappa shape index (κ3) is 7.97. The van der Waals surface area contributed by atoms with E-state index in [9.17, 15) is 0 Å². The molecule has 0 aliphatic heterocycles. The molecular weight excluding hydrogens is 355 g/mol. The monoisotopic (exact) mass is 390 g/mol. The van der Waals surface area contributed by atoms with Gasteiger partial charge in [0.05, 0.1) is 0 Å². The Morgan fingerprint density at radius 1 is 0.783 bits per heavy atom. The first kappa shape index (κ1) is 20.9. The van der Waals surface area contributed by atoms with Crippen molar-refractivity contribution in [2.24, 2.45) is 11.8 Å². The summed E-state index contributed by atoms with van der Waals surface area (Å²) in [5.74, 6) is 1.58. The van der Waals surface area contributed by atoms with Crippen LogP contribution in [0.15, 0.2) is 42.0 Å². The van der Waals surface area contributed by atoms with E-state index >= 15 is 0 Å². The van der Waals surface area contributed by atoms with Gasteiger partial charge < -0.3 is 0 Å². The Bertz CT molecular complexity index is 428. The first-order valence-electron chi connectivity index (χ1n) is 9.51. The van der Waals surface area contributed by atoms with Crippen LogP contribution in [0, 0.1) is 11.8 Å². The fourth-order valence-electron chi connectivity index (χ4n) is 2.81. The Kier molecular flexibility index (Phi) is 10.4. The normalized spacial score (nSPS) is 16.7. The molecule has 128 valence electrons. The molecule has 0 bridgehead atoms. The third-order valence-corrected chi connectivity index (χ3v) is 8.18. The van der Waals surface area contributed by atoms with E-state index in [0.717, 1.165) is 11.8 Å². The van der Waals surface area contributed by atoms with Crippen molar-refractivity contribution in [3.63, 3.8) is 0 Å². The molecule has 0 amide bonds. The Morgan fingerprint density at radius 2 is 1.17 bits per heavy atom. The molecule has 0 fully saturated rings. The SMILES string of the molecule is CC(C)CC1=[C]([Zr][C]2=C(CC(C)C)C=CC2)CC=C1.CCCC. The molecule has 23 heavy (non-hydrogen) atoms. The Hall–Kier alpha value is -0.157. The van der Waals surface area contributed by atoms with Crippen LogP contribution in [0.4, 0.5) is 0 Å². The molecule has 0 unspecified atom stereocenters. The first-order valence-corrected chi connectivity index (χ1v) is 12.0. The minimum absolute atomic E-state index is 0.495. The fourth-order valence-corrected chi connectivity index (χ4v) is 6.49. The van der Waals surface area contributed by atoms with Crippen LogP contribution in [0.1, 0.15) is 80.1 Å². The molecule has 0 spiro atoms. The zero-order chi connectivity index (χ0) is 17.2. The maximum Gasteiger partial charge on any atom is -0.0564 e. The summed E-state index contributed by atoms with van der Waals surface area (Å²) in [6.07, 6.45) is 17.3. The zero-order valence-corrected chi connectivity index (χ0v) is 18.7. The maximum atomic E-state index is 2.40. The summed E-state index contributed by atoms with van der Waals surface area (Å²) in [6.45, 7) is 13.7. The van der Waals surface area contributed by atoms with Crippen molar-refractivity contribution < 1.29 is 23.2 Å². The van der Waals surface area contributed by atoms with Crippen LogP contribution < -0.4 is 0 Å². The van der Waals surface area contributed by atoms with Gasteiger partial charge in [-0.25, -0.2) is 0 Å². The quantitative estimate of drug-likeness (QED) is 0.424. The number of unbranched alkanes of at least 4 members (excludes halogenated alkanes) is 1. The van der Waals surface area contributed by atoms with E-state index in [2.05, 4.69) is 65.8 Å². The minimum Gasteiger partial charge on any atom is -0.0654 e. The molecule has 0 saturated carbocycles. The van der Waals surface area contributed by atoms with Gasteiger partial charge in [0.1, 0.15) is 0 Å². The van der Waals surface area contributed by atoms with Crippen molar-refractivity contribution in [1.82, 2.24) is 0 Å². The average Bonchev–Trinajstić information content (AvgIpc) is 3.09. The maximum absolute atomic E-state index is 2.40. The molecule has 0 aromatic rings. The Morgan fingerprint density at radius 3 is 1.48 bits per heavy atom. The standard InChI is InChI=1S/2C9H13.C4H10.Zr/c2*1-8(2)7-9-5-3-4-6-9;1-3-4-2;/h2*3,5,8H,4,7H2,1-2H3;3-4H2,1-2H3;. The van der Waals surface area contributed by atoms with Crippen LogP contribution in [0.5, 0.6) is 0 Å². The summed E-state index contributed by atoms with van der Waals surface area (Å²) < 4.78 is 3.69. The van der Waals surface area contributed by atoms with Gasteiger partial charge in [0, 0.05) is 0 Å². The fraction of sp³-hybridized carbons (Fsp3) is 0.636. The summed E-state index contributed by atoms with van der Waals surface area (Å²) >= 11 is -0.495. The van der Waals surface area contributed by atoms with Gasteiger partial charge in [-0.2, -0.15) is 0 Å². The van der Waals surface area contributed by atoms with Crippen molar-refractivity contribution in [1.29, 1.82) is 0 Å². The predicted molar refractivity (Wildman–Crippen MR) is 101 cm³/mol. The summed E-state index contributed by atoms with van der Waals surface area (Å²) in [5.41, 5.74) is 3.37. The molecule has 0 N–H and O–H groups in total. The first-order chi connectivity index (χ1) is 11.0. The van der Waals surface area contributed by atoms with Crippen molar-refractivity contribution in [2.45, 2.75) is 80.1 Å². The predicted octanol–water partition coefficient (Wildman–Crippen LogP) is 7.40. The number of hydrogen-bond donors (Lipinski definition) is 0. The van der Waals surface area contributed by atoms with Crippen LogP contribution in [-0.4, -0.2) is 0 Å². The summed E-state index contributed by atoms with van der Waals surface area (Å²) in [6, 6.07) is 0. The van der Waals surface area contributed by atoms with Gasteiger partial charge in [-0.05, 0) is 0 Å². The van der Waals surface area contributed by atoms with Gasteiger partial charge >= 0.3 is 130 Å². The van der Waals surface area contributed by atoms with Crippen molar-refractivity contribution in [3.05, 3.63) is 42.0 Å². The second-order valence-electron chi connectivity index (χ2n) is 7.54. The molecule has 2 aliphatic rings. The summed E-state index contributed by atoms with van der Waals surface area (Å²) in [7, 11) is 0. The van der Waals surface area contributed by atoms with Gasteiger partial charge in [0.15, 0.2) is 0 Å². The van der Waals surface area contributed by atoms with Crippen LogP contribution in [0.25, 0.3) is 0 Å². The van der Waals surface area contributed by atoms with Crippen LogP contribution in [-0.2, 0) is 23.2 Å². The van der Waals surface area contributed by atoms with E-state index < -0.39 is 23.2 Å². The van der Waals surface area contributed by atoms with Crippen LogP contribution >= 0.6 is 0 Å². The molecule has 0 nitrogen and oxygen atoms in total. The molecular formula is C22H36Zr. The largest absolute Gasteiger partial charge is 0.0654 e. The third-order valence-electron chi connectivity index (χ3n) is 4.12. The van der Waals surface area contributed by atoms with Crippen molar-refractivity contribution >= 4 is 0 Å². The van der Waals surface area contributed by atoms with E-state index in [1.807, 2.05) is 6.56 Å². The van der Waals surface area contributed by atoms with E-state index in [1.54, 1.807) is 11.1 Å². The molecule has 0 radical (unpaired) electrons. The van der Waals surface area contributed by atoms with Crippen LogP contribution in [0.3, 0.4) is 0 Å². The molecule has 0 aromatic carbocycles. The Labute approximate surface area is 156 Å². The average molecular weight is 392 g/mol. The minimum atomic E-state index is -0.495. The summed E-state index contributed by atoms with van der Waals surface area (Å²) in [4.78, 5) is 0. The van der Waals surface area contributed by atoms with E-state index in [1.165, 1.54) is 38.5 Å². The molecule has 0 saturated heterocycles. The van der Waals surface area contributed by atoms with E-state index in [0.29, 0.717) is 0 Å². The summed E-state index contributed by atoms with van der Waals surface area (Å²) in [5, 5.41) is 0. The molecule has 0 heterocycles. The van der Waals surface area contributed by atoms with Gasteiger partial charge in [-0.3, -0.25) is 0 Å². The van der Waals surface area contributed by atoms with Gasteiger partial charge in [-0.15, -0.1) is 0 Å². The topological polar surface area (TPSA) is 0 Å². The molecule has 0 atom stereocenters. The molecule has 1 heteroatoms. The van der Waals surface area contributed by atoms with E-state index in [4.69, 9.17) is 0 Å². The van der Waals surface area contributed by atoms with Gasteiger partial charge in [0.2, 0.25) is 0 Å². The van der Waals surface area contributed by atoms with Crippen molar-refractivity contribution in [3.8, 4) is 0 Å². The second-order valence-corrected chi connectivity index (χ2v) is 11.1. The number of rotatable bonds is 7. The van der Waals surface area contributed by atoms with Gasteiger partial charge in [0.25, 0.3) is 0 Å². The molecule has 2 rings (SSSR count). The van der Waals surface area contributed by atoms with Crippen molar-refractivity contribution in [2.75, 3.05) is 0 Å². The zero-order valence-electron chi connectivity index (χ0n) is 16.2. The second kappa shape index (κ2) is 11.4. The smallest absolute Gasteiger partial charge is 0.0564 e.